The van der Waals surface area contributed by atoms with Crippen LogP contribution in [0.5, 0.6) is 5.75 Å². The molecule has 1 rings (SSSR count). The monoisotopic (exact) mass is 361 g/mol. The van der Waals surface area contributed by atoms with Crippen molar-refractivity contribution in [2.45, 2.75) is 19.9 Å². The molecule has 0 aliphatic carbocycles. The van der Waals surface area contributed by atoms with Crippen molar-refractivity contribution in [2.75, 3.05) is 13.2 Å². The fourth-order valence-electron chi connectivity index (χ4n) is 1.19. The summed E-state index contributed by atoms with van der Waals surface area (Å²) in [4.78, 5) is 0. The van der Waals surface area contributed by atoms with Gasteiger partial charge in [0.05, 0.1) is 8.95 Å². The molecule has 4 heteroatoms. The number of hydrogen-bond donors (Lipinski definition) is 1. The molecule has 2 nitrogen and oxygen atoms in total. The highest BCUT2D eigenvalue weighted by Gasteiger charge is 2.06. The molecule has 1 aromatic carbocycles. The molecular weight excluding hydrogens is 346 g/mol. The highest BCUT2D eigenvalue weighted by atomic mass is 79.9. The minimum absolute atomic E-state index is 0.460. The number of nitrogens with one attached hydrogen (secondary N) is 1. The van der Waals surface area contributed by atoms with Crippen LogP contribution < -0.4 is 10.1 Å². The van der Waals surface area contributed by atoms with Gasteiger partial charge in [-0.25, -0.2) is 0 Å². The van der Waals surface area contributed by atoms with Crippen LogP contribution in [0.1, 0.15) is 13.8 Å². The smallest absolute Gasteiger partial charge is 0.148 e. The van der Waals surface area contributed by atoms with E-state index in [1.54, 1.807) is 0 Å². The van der Waals surface area contributed by atoms with Gasteiger partial charge in [-0.1, -0.05) is 26.5 Å². The van der Waals surface area contributed by atoms with E-state index in [4.69, 9.17) is 4.74 Å². The summed E-state index contributed by atoms with van der Waals surface area (Å²) in [6.07, 6.45) is 0. The lowest BCUT2D eigenvalue weighted by Crippen LogP contribution is -2.26. The van der Waals surface area contributed by atoms with Gasteiger partial charge in [0.25, 0.3) is 0 Å². The van der Waals surface area contributed by atoms with E-state index in [0.717, 1.165) is 26.8 Å². The van der Waals surface area contributed by atoms with Crippen molar-refractivity contribution in [2.24, 2.45) is 0 Å². The van der Waals surface area contributed by atoms with E-state index < -0.39 is 0 Å². The Balaban J connectivity index is 2.47. The molecule has 94 valence electrons. The van der Waals surface area contributed by atoms with Crippen LogP contribution in [0, 0.1) is 0 Å². The van der Waals surface area contributed by atoms with Gasteiger partial charge in [-0.2, -0.15) is 0 Å². The zero-order chi connectivity index (χ0) is 12.8. The van der Waals surface area contributed by atoms with Crippen molar-refractivity contribution in [3.63, 3.8) is 0 Å². The molecule has 0 unspecified atom stereocenters. The van der Waals surface area contributed by atoms with Gasteiger partial charge >= 0.3 is 0 Å². The average Bonchev–Trinajstić information content (AvgIpc) is 2.25. The van der Waals surface area contributed by atoms with E-state index in [2.05, 4.69) is 57.6 Å². The van der Waals surface area contributed by atoms with E-state index in [-0.39, 0.29) is 0 Å². The van der Waals surface area contributed by atoms with Crippen LogP contribution in [0.3, 0.4) is 0 Å². The molecule has 0 aromatic heterocycles. The highest BCUT2D eigenvalue weighted by Crippen LogP contribution is 2.33. The first-order valence-electron chi connectivity index (χ1n) is 5.47. The third-order valence-corrected chi connectivity index (χ3v) is 3.35. The first-order valence-corrected chi connectivity index (χ1v) is 7.06. The van der Waals surface area contributed by atoms with E-state index in [1.807, 2.05) is 18.2 Å². The van der Waals surface area contributed by atoms with Crippen molar-refractivity contribution in [3.05, 3.63) is 39.3 Å². The third kappa shape index (κ3) is 5.23. The van der Waals surface area contributed by atoms with Crippen LogP contribution in [-0.4, -0.2) is 19.2 Å². The number of para-hydroxylation sites is 1. The standard InChI is InChI=1S/C13H17Br2NO/c1-9(2)16-7-10(3)8-17-13-11(14)5-4-6-12(13)15/h4-6,9,16H,3,7-8H2,1-2H3. The zero-order valence-electron chi connectivity index (χ0n) is 10.1. The van der Waals surface area contributed by atoms with Crippen molar-refractivity contribution in [3.8, 4) is 5.75 Å². The summed E-state index contributed by atoms with van der Waals surface area (Å²) < 4.78 is 7.61. The summed E-state index contributed by atoms with van der Waals surface area (Å²) in [5, 5.41) is 3.31. The zero-order valence-corrected chi connectivity index (χ0v) is 13.3. The van der Waals surface area contributed by atoms with Gasteiger partial charge in [0.15, 0.2) is 0 Å². The van der Waals surface area contributed by atoms with Crippen molar-refractivity contribution < 1.29 is 4.74 Å². The Kier molecular flexibility index (Phi) is 6.23. The maximum Gasteiger partial charge on any atom is 0.148 e. The molecule has 17 heavy (non-hydrogen) atoms. The Morgan fingerprint density at radius 3 is 2.47 bits per heavy atom. The lowest BCUT2D eigenvalue weighted by Gasteiger charge is -2.13. The maximum atomic E-state index is 5.73. The Bertz CT molecular complexity index is 371. The molecule has 0 heterocycles. The minimum Gasteiger partial charge on any atom is -0.487 e. The summed E-state index contributed by atoms with van der Waals surface area (Å²) >= 11 is 6.92. The van der Waals surface area contributed by atoms with E-state index >= 15 is 0 Å². The fraction of sp³-hybridized carbons (Fsp3) is 0.385. The Hall–Kier alpha value is -0.320. The largest absolute Gasteiger partial charge is 0.487 e. The fourth-order valence-corrected chi connectivity index (χ4v) is 2.42. The second-order valence-corrected chi connectivity index (χ2v) is 5.83. The molecule has 0 saturated heterocycles. The predicted molar refractivity (Wildman–Crippen MR) is 79.6 cm³/mol. The Labute approximate surface area is 120 Å². The lowest BCUT2D eigenvalue weighted by molar-refractivity contribution is 0.343. The normalized spacial score (nSPS) is 10.6. The van der Waals surface area contributed by atoms with E-state index in [0.29, 0.717) is 12.6 Å². The summed E-state index contributed by atoms with van der Waals surface area (Å²) in [5.41, 5.74) is 1.03. The number of halogens is 2. The van der Waals surface area contributed by atoms with Crippen LogP contribution in [0.4, 0.5) is 0 Å². The van der Waals surface area contributed by atoms with Crippen LogP contribution in [0.15, 0.2) is 39.3 Å². The molecule has 1 aromatic rings. The summed E-state index contributed by atoms with van der Waals surface area (Å²) in [6, 6.07) is 6.32. The van der Waals surface area contributed by atoms with Crippen LogP contribution in [0.25, 0.3) is 0 Å². The molecule has 0 radical (unpaired) electrons. The quantitative estimate of drug-likeness (QED) is 0.767. The van der Waals surface area contributed by atoms with Crippen molar-refractivity contribution in [1.82, 2.24) is 5.32 Å². The Morgan fingerprint density at radius 1 is 1.35 bits per heavy atom. The van der Waals surface area contributed by atoms with E-state index in [1.165, 1.54) is 0 Å². The van der Waals surface area contributed by atoms with Crippen LogP contribution in [-0.2, 0) is 0 Å². The van der Waals surface area contributed by atoms with Gasteiger partial charge < -0.3 is 10.1 Å². The van der Waals surface area contributed by atoms with E-state index in [9.17, 15) is 0 Å². The molecule has 0 saturated carbocycles. The lowest BCUT2D eigenvalue weighted by atomic mass is 10.3. The summed E-state index contributed by atoms with van der Waals surface area (Å²) in [7, 11) is 0. The summed E-state index contributed by atoms with van der Waals surface area (Å²) in [5.74, 6) is 0.818. The molecule has 0 amide bonds. The second kappa shape index (κ2) is 7.19. The second-order valence-electron chi connectivity index (χ2n) is 4.13. The van der Waals surface area contributed by atoms with Gasteiger partial charge in [0.2, 0.25) is 0 Å². The van der Waals surface area contributed by atoms with Gasteiger partial charge in [0.1, 0.15) is 12.4 Å². The Morgan fingerprint density at radius 2 is 1.94 bits per heavy atom. The molecule has 0 bridgehead atoms. The third-order valence-electron chi connectivity index (χ3n) is 2.10. The maximum absolute atomic E-state index is 5.73. The molecule has 0 aliphatic heterocycles. The van der Waals surface area contributed by atoms with Gasteiger partial charge in [-0.3, -0.25) is 0 Å². The number of benzene rings is 1. The average molecular weight is 363 g/mol. The molecule has 1 N–H and O–H groups in total. The van der Waals surface area contributed by atoms with Gasteiger partial charge in [0, 0.05) is 12.6 Å². The first kappa shape index (κ1) is 14.7. The van der Waals surface area contributed by atoms with Crippen LogP contribution in [0.2, 0.25) is 0 Å². The van der Waals surface area contributed by atoms with Gasteiger partial charge in [-0.15, -0.1) is 0 Å². The SMILES string of the molecule is C=C(CNC(C)C)COc1c(Br)cccc1Br. The first-order chi connectivity index (χ1) is 8.00. The number of ether oxygens (including phenoxy) is 1. The summed E-state index contributed by atoms with van der Waals surface area (Å²) in [6.45, 7) is 9.49. The highest BCUT2D eigenvalue weighted by molar-refractivity contribution is 9.11. The van der Waals surface area contributed by atoms with Crippen LogP contribution >= 0.6 is 31.9 Å². The molecule has 0 spiro atoms. The number of rotatable bonds is 6. The molecule has 0 fully saturated rings. The van der Waals surface area contributed by atoms with Crippen molar-refractivity contribution >= 4 is 31.9 Å². The topological polar surface area (TPSA) is 21.3 Å². The number of hydrogen-bond acceptors (Lipinski definition) is 2. The van der Waals surface area contributed by atoms with Gasteiger partial charge in [-0.05, 0) is 49.6 Å². The minimum atomic E-state index is 0.460. The molecule has 0 atom stereocenters. The van der Waals surface area contributed by atoms with Crippen molar-refractivity contribution in [1.29, 1.82) is 0 Å². The predicted octanol–water partition coefficient (Wildman–Crippen LogP) is 4.14. The molecule has 0 aliphatic rings. The molecular formula is C13H17Br2NO.